The molecule has 0 spiro atoms. The lowest BCUT2D eigenvalue weighted by molar-refractivity contribution is 0.260. The number of nitrogens with two attached hydrogens (primary N) is 1. The Balaban J connectivity index is 1.47. The number of carbonyl (C=O) groups excluding carboxylic acids is 1. The van der Waals surface area contributed by atoms with Crippen molar-refractivity contribution < 1.29 is 13.7 Å². The smallest absolute Gasteiger partial charge is 0.354 e. The van der Waals surface area contributed by atoms with E-state index in [0.717, 1.165) is 50.6 Å². The molecule has 3 N–H and O–H groups in total. The molecule has 1 aromatic carbocycles. The largest absolute Gasteiger partial charge is 0.477 e. The molecule has 160 valence electrons. The molecular weight excluding hydrogens is 402 g/mol. The number of amides is 2. The number of hydrogen-bond acceptors (Lipinski definition) is 4. The van der Waals surface area contributed by atoms with Crippen molar-refractivity contribution in [2.24, 2.45) is 15.4 Å². The van der Waals surface area contributed by atoms with Gasteiger partial charge in [-0.1, -0.05) is 13.0 Å². The minimum Gasteiger partial charge on any atom is -0.477 e. The van der Waals surface area contributed by atoms with E-state index < -0.39 is 15.9 Å². The number of ether oxygens (including phenoxy) is 1. The Morgan fingerprint density at radius 1 is 1.27 bits per heavy atom. The van der Waals surface area contributed by atoms with Crippen molar-refractivity contribution in [2.45, 2.75) is 63.3 Å². The Morgan fingerprint density at radius 3 is 2.67 bits per heavy atom. The maximum absolute atomic E-state index is 13.2. The van der Waals surface area contributed by atoms with Crippen LogP contribution in [0, 0.1) is 5.92 Å². The van der Waals surface area contributed by atoms with E-state index in [9.17, 15) is 9.00 Å². The molecule has 30 heavy (non-hydrogen) atoms. The summed E-state index contributed by atoms with van der Waals surface area (Å²) >= 11 is 0. The van der Waals surface area contributed by atoms with Crippen molar-refractivity contribution in [1.29, 1.82) is 0 Å². The van der Waals surface area contributed by atoms with Crippen LogP contribution in [0.1, 0.15) is 48.4 Å². The number of benzene rings is 1. The summed E-state index contributed by atoms with van der Waals surface area (Å²) in [6.07, 6.45) is 8.41. The van der Waals surface area contributed by atoms with E-state index in [1.54, 1.807) is 4.68 Å². The molecule has 1 aliphatic heterocycles. The zero-order chi connectivity index (χ0) is 20.9. The van der Waals surface area contributed by atoms with Crippen molar-refractivity contribution in [3.05, 3.63) is 34.5 Å². The van der Waals surface area contributed by atoms with E-state index in [4.69, 9.17) is 9.88 Å². The monoisotopic (exact) mass is 429 g/mol. The van der Waals surface area contributed by atoms with E-state index in [1.165, 1.54) is 28.5 Å². The van der Waals surface area contributed by atoms with Crippen molar-refractivity contribution in [1.82, 2.24) is 9.78 Å². The molecule has 3 aliphatic rings. The number of fused-ring (bicyclic) bond motifs is 3. The van der Waals surface area contributed by atoms with Crippen LogP contribution in [0.15, 0.2) is 21.5 Å². The first-order valence-electron chi connectivity index (χ1n) is 10.6. The van der Waals surface area contributed by atoms with Crippen LogP contribution < -0.4 is 15.2 Å². The van der Waals surface area contributed by atoms with Crippen LogP contribution in [0.4, 0.5) is 10.5 Å². The molecule has 0 radical (unpaired) electrons. The van der Waals surface area contributed by atoms with Crippen LogP contribution in [-0.2, 0) is 42.1 Å². The third-order valence-corrected chi connectivity index (χ3v) is 7.68. The van der Waals surface area contributed by atoms with Crippen LogP contribution in [0.3, 0.4) is 0 Å². The first-order chi connectivity index (χ1) is 14.4. The van der Waals surface area contributed by atoms with Crippen molar-refractivity contribution in [3.63, 3.8) is 0 Å². The highest BCUT2D eigenvalue weighted by Crippen LogP contribution is 2.38. The zero-order valence-corrected chi connectivity index (χ0v) is 18.0. The number of nitrogens with zero attached hydrogens (tertiary/aromatic N) is 3. The number of rotatable bonds is 2. The Hall–Kier alpha value is -2.39. The van der Waals surface area contributed by atoms with E-state index >= 15 is 0 Å². The number of aromatic nitrogens is 2. The van der Waals surface area contributed by atoms with Crippen LogP contribution in [0.5, 0.6) is 5.88 Å². The van der Waals surface area contributed by atoms with Crippen LogP contribution in [-0.4, -0.2) is 26.6 Å². The Bertz CT molecular complexity index is 1110. The maximum Gasteiger partial charge on any atom is 0.354 e. The second-order valence-electron chi connectivity index (χ2n) is 8.56. The molecule has 2 aromatic rings. The average molecular weight is 430 g/mol. The SMILES string of the molecule is C[C@@H]1CCOc2c([S@@](N)(=O)=NC(=O)Nc3c4c(cc5c3CCC5)CCC4)cnn2C1. The highest BCUT2D eigenvalue weighted by Gasteiger charge is 2.27. The Labute approximate surface area is 176 Å². The zero-order valence-electron chi connectivity index (χ0n) is 17.1. The third kappa shape index (κ3) is 3.39. The molecule has 8 nitrogen and oxygen atoms in total. The van der Waals surface area contributed by atoms with Gasteiger partial charge >= 0.3 is 6.03 Å². The molecule has 5 rings (SSSR count). The summed E-state index contributed by atoms with van der Waals surface area (Å²) in [5.74, 6) is 0.736. The molecule has 2 amide bonds. The summed E-state index contributed by atoms with van der Waals surface area (Å²) in [6, 6.07) is 1.61. The van der Waals surface area contributed by atoms with Gasteiger partial charge in [0.1, 0.15) is 4.90 Å². The van der Waals surface area contributed by atoms with E-state index in [2.05, 4.69) is 27.8 Å². The summed E-state index contributed by atoms with van der Waals surface area (Å²) in [5.41, 5.74) is 5.87. The minimum absolute atomic E-state index is 0.176. The lowest BCUT2D eigenvalue weighted by Gasteiger charge is -2.15. The quantitative estimate of drug-likeness (QED) is 0.763. The highest BCUT2D eigenvalue weighted by atomic mass is 32.2. The molecule has 0 fully saturated rings. The average Bonchev–Trinajstić information content (AvgIpc) is 3.39. The van der Waals surface area contributed by atoms with E-state index in [1.807, 2.05) is 0 Å². The van der Waals surface area contributed by atoms with Crippen molar-refractivity contribution in [3.8, 4) is 5.88 Å². The molecule has 0 saturated carbocycles. The normalized spacial score (nSPS) is 21.6. The number of carbonyl (C=O) groups is 1. The number of nitrogens with one attached hydrogen (secondary N) is 1. The number of urea groups is 1. The van der Waals surface area contributed by atoms with Gasteiger partial charge in [-0.05, 0) is 73.1 Å². The van der Waals surface area contributed by atoms with Crippen molar-refractivity contribution in [2.75, 3.05) is 11.9 Å². The second kappa shape index (κ2) is 7.39. The third-order valence-electron chi connectivity index (χ3n) is 6.33. The summed E-state index contributed by atoms with van der Waals surface area (Å²) in [7, 11) is -3.48. The van der Waals surface area contributed by atoms with Crippen molar-refractivity contribution >= 4 is 21.6 Å². The Kier molecular flexibility index (Phi) is 4.82. The standard InChI is InChI=1S/C21H27N5O3S/c1-13-8-9-29-20-18(11-23-26(20)12-13)30(22,28)25-21(27)24-19-16-6-2-4-14(16)10-15-5-3-7-17(15)19/h10-11,13H,2-9,12H2,1H3,(H3,22,24,25,27,28)/t13-,30+/m1/s1. The van der Waals surface area contributed by atoms with Gasteiger partial charge in [0, 0.05) is 12.2 Å². The number of hydrogen-bond donors (Lipinski definition) is 2. The van der Waals surface area contributed by atoms with Gasteiger partial charge in [0.2, 0.25) is 5.88 Å². The minimum atomic E-state index is -3.48. The fourth-order valence-electron chi connectivity index (χ4n) is 4.85. The summed E-state index contributed by atoms with van der Waals surface area (Å²) in [4.78, 5) is 13.0. The molecular formula is C21H27N5O3S. The molecule has 0 unspecified atom stereocenters. The summed E-state index contributed by atoms with van der Waals surface area (Å²) in [5, 5.41) is 13.2. The van der Waals surface area contributed by atoms with Gasteiger partial charge in [-0.2, -0.15) is 5.10 Å². The van der Waals surface area contributed by atoms with Gasteiger partial charge in [-0.15, -0.1) is 4.36 Å². The predicted octanol–water partition coefficient (Wildman–Crippen LogP) is 3.21. The fourth-order valence-corrected chi connectivity index (χ4v) is 5.85. The molecule has 2 heterocycles. The van der Waals surface area contributed by atoms with Crippen LogP contribution in [0.2, 0.25) is 0 Å². The van der Waals surface area contributed by atoms with Gasteiger partial charge in [0.25, 0.3) is 0 Å². The molecule has 2 atom stereocenters. The molecule has 2 aliphatic carbocycles. The van der Waals surface area contributed by atoms with Crippen LogP contribution in [0.25, 0.3) is 0 Å². The van der Waals surface area contributed by atoms with Gasteiger partial charge in [0.05, 0.1) is 12.8 Å². The lowest BCUT2D eigenvalue weighted by Crippen LogP contribution is -2.19. The van der Waals surface area contributed by atoms with E-state index in [-0.39, 0.29) is 4.90 Å². The lowest BCUT2D eigenvalue weighted by atomic mass is 9.99. The van der Waals surface area contributed by atoms with Gasteiger partial charge in [-0.3, -0.25) is 0 Å². The Morgan fingerprint density at radius 2 is 1.97 bits per heavy atom. The number of anilines is 1. The number of aryl methyl sites for hydroxylation is 2. The van der Waals surface area contributed by atoms with E-state index in [0.29, 0.717) is 24.9 Å². The summed E-state index contributed by atoms with van der Waals surface area (Å²) < 4.78 is 24.5. The topological polar surface area (TPSA) is 112 Å². The van der Waals surface area contributed by atoms with Gasteiger partial charge in [-0.25, -0.2) is 18.8 Å². The highest BCUT2D eigenvalue weighted by molar-refractivity contribution is 7.91. The molecule has 0 bridgehead atoms. The predicted molar refractivity (Wildman–Crippen MR) is 114 cm³/mol. The fraction of sp³-hybridized carbons (Fsp3) is 0.524. The van der Waals surface area contributed by atoms with Gasteiger partial charge in [0.15, 0.2) is 9.92 Å². The first kappa shape index (κ1) is 19.6. The molecule has 1 aromatic heterocycles. The maximum atomic E-state index is 13.2. The molecule has 0 saturated heterocycles. The van der Waals surface area contributed by atoms with Gasteiger partial charge < -0.3 is 10.1 Å². The van der Waals surface area contributed by atoms with Crippen LogP contribution >= 0.6 is 0 Å². The molecule has 9 heteroatoms. The first-order valence-corrected chi connectivity index (χ1v) is 12.2. The second-order valence-corrected chi connectivity index (χ2v) is 10.3. The summed E-state index contributed by atoms with van der Waals surface area (Å²) in [6.45, 7) is 3.25.